The van der Waals surface area contributed by atoms with Crippen LogP contribution < -0.4 is 10.1 Å². The number of rotatable bonds is 6. The van der Waals surface area contributed by atoms with E-state index >= 15 is 0 Å². The predicted octanol–water partition coefficient (Wildman–Crippen LogP) is 4.10. The zero-order valence-corrected chi connectivity index (χ0v) is 14.6. The Morgan fingerprint density at radius 2 is 1.56 bits per heavy atom. The molecule has 0 heterocycles. The highest BCUT2D eigenvalue weighted by Crippen LogP contribution is 2.25. The number of methoxy groups -OCH3 is 1. The third-order valence-electron chi connectivity index (χ3n) is 5.05. The van der Waals surface area contributed by atoms with Gasteiger partial charge in [-0.3, -0.25) is 4.79 Å². The zero-order chi connectivity index (χ0) is 17.6. The fourth-order valence-electron chi connectivity index (χ4n) is 3.41. The Hall–Kier alpha value is -2.33. The fourth-order valence-corrected chi connectivity index (χ4v) is 3.41. The zero-order valence-electron chi connectivity index (χ0n) is 14.6. The van der Waals surface area contributed by atoms with Crippen molar-refractivity contribution in [3.05, 3.63) is 54.1 Å². The molecule has 0 aromatic heterocycles. The van der Waals surface area contributed by atoms with E-state index in [0.29, 0.717) is 6.04 Å². The molecule has 1 aliphatic rings. The summed E-state index contributed by atoms with van der Waals surface area (Å²) in [5.74, 6) is 0.0663. The molecule has 1 saturated carbocycles. The predicted molar refractivity (Wildman–Crippen MR) is 98.7 cm³/mol. The number of hydrogen-bond donors (Lipinski definition) is 2. The van der Waals surface area contributed by atoms with Crippen molar-refractivity contribution in [1.29, 1.82) is 0 Å². The molecule has 25 heavy (non-hydrogen) atoms. The number of ether oxygens (including phenoxy) is 1. The van der Waals surface area contributed by atoms with Gasteiger partial charge in [-0.25, -0.2) is 0 Å². The number of hydrogen-bond acceptors (Lipinski definition) is 3. The van der Waals surface area contributed by atoms with Crippen molar-refractivity contribution in [2.75, 3.05) is 7.11 Å². The van der Waals surface area contributed by atoms with Crippen LogP contribution in [0, 0.1) is 5.92 Å². The van der Waals surface area contributed by atoms with Gasteiger partial charge in [-0.05, 0) is 54.5 Å². The van der Waals surface area contributed by atoms with Gasteiger partial charge in [-0.2, -0.15) is 0 Å². The molecule has 0 aliphatic heterocycles. The summed E-state index contributed by atoms with van der Waals surface area (Å²) in [5.41, 5.74) is 3.61. The maximum Gasteiger partial charge on any atom is 0.306 e. The summed E-state index contributed by atoms with van der Waals surface area (Å²) in [4.78, 5) is 11.0. The van der Waals surface area contributed by atoms with Crippen LogP contribution in [0.25, 0.3) is 11.1 Å². The highest BCUT2D eigenvalue weighted by Gasteiger charge is 2.25. The van der Waals surface area contributed by atoms with Gasteiger partial charge in [0.1, 0.15) is 5.75 Å². The van der Waals surface area contributed by atoms with E-state index in [0.717, 1.165) is 38.0 Å². The molecule has 132 valence electrons. The van der Waals surface area contributed by atoms with Crippen molar-refractivity contribution in [1.82, 2.24) is 5.32 Å². The van der Waals surface area contributed by atoms with Crippen LogP contribution >= 0.6 is 0 Å². The normalized spacial score (nSPS) is 20.2. The van der Waals surface area contributed by atoms with E-state index < -0.39 is 5.97 Å². The second kappa shape index (κ2) is 8.17. The summed E-state index contributed by atoms with van der Waals surface area (Å²) < 4.78 is 5.19. The molecule has 3 rings (SSSR count). The molecule has 2 aromatic rings. The summed E-state index contributed by atoms with van der Waals surface area (Å²) in [7, 11) is 1.67. The Balaban J connectivity index is 1.52. The summed E-state index contributed by atoms with van der Waals surface area (Å²) in [6, 6.07) is 17.1. The summed E-state index contributed by atoms with van der Waals surface area (Å²) in [6.45, 7) is 0.825. The molecule has 4 heteroatoms. The first kappa shape index (κ1) is 17.5. The van der Waals surface area contributed by atoms with E-state index in [1.165, 1.54) is 16.7 Å². The van der Waals surface area contributed by atoms with E-state index in [4.69, 9.17) is 9.84 Å². The number of nitrogens with one attached hydrogen (secondary N) is 1. The Kier molecular flexibility index (Phi) is 5.71. The van der Waals surface area contributed by atoms with Crippen LogP contribution in [0.15, 0.2) is 48.5 Å². The molecule has 2 N–H and O–H groups in total. The molecular formula is C21H25NO3. The number of carboxylic acid groups (broad SMARTS) is 1. The van der Waals surface area contributed by atoms with Gasteiger partial charge in [0, 0.05) is 12.6 Å². The van der Waals surface area contributed by atoms with Crippen molar-refractivity contribution in [3.63, 3.8) is 0 Å². The van der Waals surface area contributed by atoms with Crippen molar-refractivity contribution >= 4 is 5.97 Å². The van der Waals surface area contributed by atoms with Gasteiger partial charge in [0.2, 0.25) is 0 Å². The fraction of sp³-hybridized carbons (Fsp3) is 0.381. The lowest BCUT2D eigenvalue weighted by Gasteiger charge is -2.27. The minimum Gasteiger partial charge on any atom is -0.497 e. The van der Waals surface area contributed by atoms with E-state index in [1.54, 1.807) is 7.11 Å². The first-order valence-corrected chi connectivity index (χ1v) is 8.85. The lowest BCUT2D eigenvalue weighted by Crippen LogP contribution is -2.34. The third-order valence-corrected chi connectivity index (χ3v) is 5.05. The van der Waals surface area contributed by atoms with E-state index in [2.05, 4.69) is 41.7 Å². The average molecular weight is 339 g/mol. The monoisotopic (exact) mass is 339 g/mol. The van der Waals surface area contributed by atoms with Crippen LogP contribution in [-0.2, 0) is 11.3 Å². The van der Waals surface area contributed by atoms with Crippen LogP contribution in [0.4, 0.5) is 0 Å². The summed E-state index contributed by atoms with van der Waals surface area (Å²) >= 11 is 0. The van der Waals surface area contributed by atoms with Crippen LogP contribution in [0.1, 0.15) is 31.2 Å². The van der Waals surface area contributed by atoms with Gasteiger partial charge in [-0.1, -0.05) is 36.4 Å². The molecule has 0 amide bonds. The maximum absolute atomic E-state index is 11.0. The highest BCUT2D eigenvalue weighted by molar-refractivity contribution is 5.70. The van der Waals surface area contributed by atoms with E-state index in [9.17, 15) is 4.79 Å². The number of carbonyl (C=O) groups is 1. The Morgan fingerprint density at radius 3 is 2.08 bits per heavy atom. The standard InChI is InChI=1S/C21H25NO3/c1-25-20-12-8-17(9-13-20)16-4-2-15(3-5-16)14-22-19-10-6-18(7-11-19)21(23)24/h2-5,8-9,12-13,18-19,22H,6-7,10-11,14H2,1H3,(H,23,24). The van der Waals surface area contributed by atoms with Gasteiger partial charge in [-0.15, -0.1) is 0 Å². The van der Waals surface area contributed by atoms with Crippen molar-refractivity contribution in [3.8, 4) is 16.9 Å². The number of carboxylic acids is 1. The third kappa shape index (κ3) is 4.60. The SMILES string of the molecule is COc1ccc(-c2ccc(CNC3CCC(C(=O)O)CC3)cc2)cc1. The van der Waals surface area contributed by atoms with E-state index in [-0.39, 0.29) is 5.92 Å². The Morgan fingerprint density at radius 1 is 1.00 bits per heavy atom. The molecule has 1 aliphatic carbocycles. The average Bonchev–Trinajstić information content (AvgIpc) is 2.67. The van der Waals surface area contributed by atoms with Gasteiger partial charge in [0.25, 0.3) is 0 Å². The molecule has 0 spiro atoms. The molecule has 1 fully saturated rings. The first-order valence-electron chi connectivity index (χ1n) is 8.85. The Bertz CT molecular complexity index is 686. The van der Waals surface area contributed by atoms with Crippen molar-refractivity contribution < 1.29 is 14.6 Å². The van der Waals surface area contributed by atoms with Crippen molar-refractivity contribution in [2.24, 2.45) is 5.92 Å². The van der Waals surface area contributed by atoms with Crippen LogP contribution in [0.5, 0.6) is 5.75 Å². The minimum atomic E-state index is -0.646. The molecule has 0 bridgehead atoms. The molecule has 2 aromatic carbocycles. The molecule has 0 unspecified atom stereocenters. The second-order valence-corrected chi connectivity index (χ2v) is 6.69. The molecular weight excluding hydrogens is 314 g/mol. The largest absolute Gasteiger partial charge is 0.497 e. The quantitative estimate of drug-likeness (QED) is 0.832. The minimum absolute atomic E-state index is 0.151. The highest BCUT2D eigenvalue weighted by atomic mass is 16.5. The summed E-state index contributed by atoms with van der Waals surface area (Å²) in [6.07, 6.45) is 3.45. The molecule has 0 radical (unpaired) electrons. The lowest BCUT2D eigenvalue weighted by atomic mass is 9.86. The second-order valence-electron chi connectivity index (χ2n) is 6.69. The molecule has 4 nitrogen and oxygen atoms in total. The topological polar surface area (TPSA) is 58.6 Å². The van der Waals surface area contributed by atoms with Crippen molar-refractivity contribution in [2.45, 2.75) is 38.3 Å². The van der Waals surface area contributed by atoms with E-state index in [1.807, 2.05) is 12.1 Å². The molecule has 0 atom stereocenters. The Labute approximate surface area is 148 Å². The number of aliphatic carboxylic acids is 1. The molecule has 0 saturated heterocycles. The lowest BCUT2D eigenvalue weighted by molar-refractivity contribution is -0.142. The smallest absolute Gasteiger partial charge is 0.306 e. The van der Waals surface area contributed by atoms with Gasteiger partial charge in [0.15, 0.2) is 0 Å². The van der Waals surface area contributed by atoms with Gasteiger partial charge < -0.3 is 15.2 Å². The van der Waals surface area contributed by atoms with Crippen LogP contribution in [0.2, 0.25) is 0 Å². The first-order chi connectivity index (χ1) is 12.2. The van der Waals surface area contributed by atoms with Gasteiger partial charge in [0.05, 0.1) is 13.0 Å². The van der Waals surface area contributed by atoms with Crippen LogP contribution in [-0.4, -0.2) is 24.2 Å². The maximum atomic E-state index is 11.0. The number of benzene rings is 2. The van der Waals surface area contributed by atoms with Crippen LogP contribution in [0.3, 0.4) is 0 Å². The van der Waals surface area contributed by atoms with Gasteiger partial charge >= 0.3 is 5.97 Å². The summed E-state index contributed by atoms with van der Waals surface area (Å²) in [5, 5.41) is 12.6.